The van der Waals surface area contributed by atoms with E-state index in [1.807, 2.05) is 0 Å². The number of rotatable bonds is 5. The van der Waals surface area contributed by atoms with Crippen LogP contribution >= 0.6 is 15.9 Å². The van der Waals surface area contributed by atoms with E-state index in [4.69, 9.17) is 5.11 Å². The maximum atomic E-state index is 13.6. The molecule has 0 aliphatic heterocycles. The van der Waals surface area contributed by atoms with Gasteiger partial charge >= 0.3 is 5.97 Å². The zero-order valence-electron chi connectivity index (χ0n) is 10.5. The lowest BCUT2D eigenvalue weighted by atomic mass is 9.96. The van der Waals surface area contributed by atoms with Crippen molar-refractivity contribution in [3.8, 4) is 0 Å². The monoisotopic (exact) mass is 329 g/mol. The molecule has 2 N–H and O–H groups in total. The molecule has 2 rings (SSSR count). The summed E-state index contributed by atoms with van der Waals surface area (Å²) in [5.74, 6) is -1.04. The normalized spacial score (nSPS) is 22.6. The van der Waals surface area contributed by atoms with Crippen molar-refractivity contribution in [2.45, 2.75) is 25.8 Å². The number of nitrogens with one attached hydrogen (secondary N) is 1. The summed E-state index contributed by atoms with van der Waals surface area (Å²) in [5.41, 5.74) is 0.605. The SMILES string of the molecule is O=C(O)C1CCCC1CNCc1ccc(Br)cc1F. The topological polar surface area (TPSA) is 49.3 Å². The Labute approximate surface area is 120 Å². The molecular weight excluding hydrogens is 313 g/mol. The highest BCUT2D eigenvalue weighted by atomic mass is 79.9. The first-order valence-corrected chi connectivity index (χ1v) is 7.24. The molecule has 0 spiro atoms. The first-order chi connectivity index (χ1) is 9.08. The second-order valence-electron chi connectivity index (χ2n) is 5.00. The first kappa shape index (κ1) is 14.5. The lowest BCUT2D eigenvalue weighted by Gasteiger charge is -2.16. The van der Waals surface area contributed by atoms with Crippen LogP contribution in [-0.4, -0.2) is 17.6 Å². The van der Waals surface area contributed by atoms with Gasteiger partial charge in [-0.15, -0.1) is 0 Å². The van der Waals surface area contributed by atoms with Gasteiger partial charge in [-0.25, -0.2) is 4.39 Å². The molecule has 1 fully saturated rings. The summed E-state index contributed by atoms with van der Waals surface area (Å²) >= 11 is 3.22. The van der Waals surface area contributed by atoms with Gasteiger partial charge in [0.05, 0.1) is 5.92 Å². The van der Waals surface area contributed by atoms with Crippen molar-refractivity contribution in [2.24, 2.45) is 11.8 Å². The standard InChI is InChI=1S/C14H17BrFNO2/c15-11-5-4-10(13(16)6-11)8-17-7-9-2-1-3-12(9)14(18)19/h4-6,9,12,17H,1-3,7-8H2,(H,18,19). The molecule has 1 aliphatic rings. The molecule has 104 valence electrons. The number of hydrogen-bond donors (Lipinski definition) is 2. The number of benzene rings is 1. The Balaban J connectivity index is 1.84. The Bertz CT molecular complexity index is 467. The zero-order chi connectivity index (χ0) is 13.8. The van der Waals surface area contributed by atoms with Crippen LogP contribution in [0.2, 0.25) is 0 Å². The van der Waals surface area contributed by atoms with Crippen LogP contribution in [0, 0.1) is 17.7 Å². The van der Waals surface area contributed by atoms with Crippen LogP contribution in [0.1, 0.15) is 24.8 Å². The molecule has 1 saturated carbocycles. The smallest absolute Gasteiger partial charge is 0.306 e. The summed E-state index contributed by atoms with van der Waals surface area (Å²) in [5, 5.41) is 12.3. The van der Waals surface area contributed by atoms with Crippen LogP contribution in [0.25, 0.3) is 0 Å². The van der Waals surface area contributed by atoms with Crippen molar-refractivity contribution in [2.75, 3.05) is 6.54 Å². The molecule has 0 radical (unpaired) electrons. The summed E-state index contributed by atoms with van der Waals surface area (Å²) < 4.78 is 14.3. The van der Waals surface area contributed by atoms with Gasteiger partial charge in [-0.1, -0.05) is 28.4 Å². The van der Waals surface area contributed by atoms with E-state index < -0.39 is 5.97 Å². The van der Waals surface area contributed by atoms with Crippen molar-refractivity contribution in [3.05, 3.63) is 34.1 Å². The predicted octanol–water partition coefficient (Wildman–Crippen LogP) is 3.18. The summed E-state index contributed by atoms with van der Waals surface area (Å²) in [7, 11) is 0. The largest absolute Gasteiger partial charge is 0.481 e. The Morgan fingerprint density at radius 3 is 2.95 bits per heavy atom. The maximum absolute atomic E-state index is 13.6. The van der Waals surface area contributed by atoms with E-state index in [0.717, 1.165) is 23.7 Å². The minimum Gasteiger partial charge on any atom is -0.481 e. The summed E-state index contributed by atoms with van der Waals surface area (Å²) in [4.78, 5) is 11.0. The highest BCUT2D eigenvalue weighted by Crippen LogP contribution is 2.31. The molecule has 0 bridgehead atoms. The molecule has 2 atom stereocenters. The third kappa shape index (κ3) is 3.76. The predicted molar refractivity (Wildman–Crippen MR) is 74.3 cm³/mol. The summed E-state index contributed by atoms with van der Waals surface area (Å²) in [6, 6.07) is 4.97. The van der Waals surface area contributed by atoms with Gasteiger partial charge in [0, 0.05) is 16.6 Å². The molecule has 0 aromatic heterocycles. The van der Waals surface area contributed by atoms with E-state index in [9.17, 15) is 9.18 Å². The second-order valence-corrected chi connectivity index (χ2v) is 5.92. The zero-order valence-corrected chi connectivity index (χ0v) is 12.1. The van der Waals surface area contributed by atoms with Gasteiger partial charge in [0.2, 0.25) is 0 Å². The van der Waals surface area contributed by atoms with Gasteiger partial charge in [0.1, 0.15) is 5.82 Å². The van der Waals surface area contributed by atoms with Crippen LogP contribution < -0.4 is 5.32 Å². The fourth-order valence-corrected chi connectivity index (χ4v) is 3.00. The minimum atomic E-state index is -0.709. The molecule has 0 amide bonds. The molecule has 3 nitrogen and oxygen atoms in total. The summed E-state index contributed by atoms with van der Waals surface area (Å²) in [6.07, 6.45) is 2.66. The van der Waals surface area contributed by atoms with Crippen LogP contribution in [0.5, 0.6) is 0 Å². The average Bonchev–Trinajstić information content (AvgIpc) is 2.80. The van der Waals surface area contributed by atoms with Crippen molar-refractivity contribution in [3.63, 3.8) is 0 Å². The number of hydrogen-bond acceptors (Lipinski definition) is 2. The van der Waals surface area contributed by atoms with E-state index >= 15 is 0 Å². The first-order valence-electron chi connectivity index (χ1n) is 6.45. The minimum absolute atomic E-state index is 0.163. The Hall–Kier alpha value is -0.940. The number of halogens is 2. The number of carboxylic acids is 1. The highest BCUT2D eigenvalue weighted by molar-refractivity contribution is 9.10. The number of aliphatic carboxylic acids is 1. The van der Waals surface area contributed by atoms with Gasteiger partial charge in [-0.2, -0.15) is 0 Å². The van der Waals surface area contributed by atoms with Crippen molar-refractivity contribution < 1.29 is 14.3 Å². The molecule has 0 saturated heterocycles. The molecule has 2 unspecified atom stereocenters. The van der Waals surface area contributed by atoms with Crippen LogP contribution in [-0.2, 0) is 11.3 Å². The van der Waals surface area contributed by atoms with Crippen LogP contribution in [0.15, 0.2) is 22.7 Å². The molecule has 1 aromatic rings. The molecular formula is C14H17BrFNO2. The lowest BCUT2D eigenvalue weighted by molar-refractivity contribution is -0.142. The Morgan fingerprint density at radius 1 is 1.47 bits per heavy atom. The van der Waals surface area contributed by atoms with Crippen molar-refractivity contribution in [1.82, 2.24) is 5.32 Å². The fourth-order valence-electron chi connectivity index (χ4n) is 2.66. The van der Waals surface area contributed by atoms with Gasteiger partial charge in [0.15, 0.2) is 0 Å². The molecule has 0 heterocycles. The van der Waals surface area contributed by atoms with E-state index in [1.165, 1.54) is 6.07 Å². The van der Waals surface area contributed by atoms with E-state index in [-0.39, 0.29) is 17.7 Å². The summed E-state index contributed by atoms with van der Waals surface area (Å²) in [6.45, 7) is 1.06. The van der Waals surface area contributed by atoms with Crippen LogP contribution in [0.4, 0.5) is 4.39 Å². The third-order valence-electron chi connectivity index (χ3n) is 3.71. The van der Waals surface area contributed by atoms with Crippen molar-refractivity contribution in [1.29, 1.82) is 0 Å². The van der Waals surface area contributed by atoms with Crippen LogP contribution in [0.3, 0.4) is 0 Å². The van der Waals surface area contributed by atoms with Gasteiger partial charge in [-0.05, 0) is 37.4 Å². The molecule has 1 aliphatic carbocycles. The molecule has 5 heteroatoms. The van der Waals surface area contributed by atoms with E-state index in [1.54, 1.807) is 12.1 Å². The lowest BCUT2D eigenvalue weighted by Crippen LogP contribution is -2.28. The van der Waals surface area contributed by atoms with Crippen molar-refractivity contribution >= 4 is 21.9 Å². The van der Waals surface area contributed by atoms with Gasteiger partial charge < -0.3 is 10.4 Å². The van der Waals surface area contributed by atoms with Gasteiger partial charge in [0.25, 0.3) is 0 Å². The Kier molecular flexibility index (Phi) is 4.93. The van der Waals surface area contributed by atoms with E-state index in [2.05, 4.69) is 21.2 Å². The highest BCUT2D eigenvalue weighted by Gasteiger charge is 2.32. The number of carbonyl (C=O) groups is 1. The quantitative estimate of drug-likeness (QED) is 0.872. The molecule has 1 aromatic carbocycles. The number of carboxylic acid groups (broad SMARTS) is 1. The average molecular weight is 330 g/mol. The molecule has 19 heavy (non-hydrogen) atoms. The van der Waals surface area contributed by atoms with Gasteiger partial charge in [-0.3, -0.25) is 4.79 Å². The fraction of sp³-hybridized carbons (Fsp3) is 0.500. The Morgan fingerprint density at radius 2 is 2.26 bits per heavy atom. The third-order valence-corrected chi connectivity index (χ3v) is 4.21. The van der Waals surface area contributed by atoms with E-state index in [0.29, 0.717) is 18.7 Å². The second kappa shape index (κ2) is 6.48. The maximum Gasteiger partial charge on any atom is 0.306 e.